The van der Waals surface area contributed by atoms with Crippen molar-refractivity contribution in [3.63, 3.8) is 0 Å². The van der Waals surface area contributed by atoms with Gasteiger partial charge in [0.2, 0.25) is 0 Å². The van der Waals surface area contributed by atoms with Crippen molar-refractivity contribution in [2.24, 2.45) is 0 Å². The molecule has 0 spiro atoms. The van der Waals surface area contributed by atoms with E-state index in [2.05, 4.69) is 10.6 Å². The van der Waals surface area contributed by atoms with Crippen molar-refractivity contribution in [3.8, 4) is 5.75 Å². The SMILES string of the molecule is O=C(NCC1CCCO1)c1cccc(CNCc2cccc(O)c2)c1. The number of phenolic OH excluding ortho intramolecular Hbond substituents is 1. The van der Waals surface area contributed by atoms with E-state index < -0.39 is 0 Å². The Kier molecular flexibility index (Phi) is 6.04. The topological polar surface area (TPSA) is 70.6 Å². The summed E-state index contributed by atoms with van der Waals surface area (Å²) in [6.07, 6.45) is 2.23. The molecule has 3 rings (SSSR count). The summed E-state index contributed by atoms with van der Waals surface area (Å²) in [5.74, 6) is 0.203. The second-order valence-electron chi connectivity index (χ2n) is 6.32. The molecule has 0 radical (unpaired) electrons. The number of carbonyl (C=O) groups excluding carboxylic acids is 1. The summed E-state index contributed by atoms with van der Waals surface area (Å²) in [5, 5.41) is 15.7. The Labute approximate surface area is 148 Å². The van der Waals surface area contributed by atoms with E-state index in [-0.39, 0.29) is 17.8 Å². The number of nitrogens with one attached hydrogen (secondary N) is 2. The fourth-order valence-corrected chi connectivity index (χ4v) is 2.95. The Morgan fingerprint density at radius 2 is 1.88 bits per heavy atom. The van der Waals surface area contributed by atoms with Gasteiger partial charge in [0.25, 0.3) is 5.91 Å². The molecule has 0 saturated carbocycles. The van der Waals surface area contributed by atoms with Crippen LogP contribution >= 0.6 is 0 Å². The molecule has 1 aliphatic heterocycles. The first-order valence-corrected chi connectivity index (χ1v) is 8.68. The number of carbonyl (C=O) groups is 1. The Morgan fingerprint density at radius 3 is 2.60 bits per heavy atom. The van der Waals surface area contributed by atoms with Crippen molar-refractivity contribution >= 4 is 5.91 Å². The molecular weight excluding hydrogens is 316 g/mol. The Morgan fingerprint density at radius 1 is 1.12 bits per heavy atom. The number of hydrogen-bond acceptors (Lipinski definition) is 4. The summed E-state index contributed by atoms with van der Waals surface area (Å²) in [6, 6.07) is 14.8. The third kappa shape index (κ3) is 5.31. The number of ether oxygens (including phenoxy) is 1. The highest BCUT2D eigenvalue weighted by molar-refractivity contribution is 5.94. The summed E-state index contributed by atoms with van der Waals surface area (Å²) >= 11 is 0. The van der Waals surface area contributed by atoms with Gasteiger partial charge in [-0.15, -0.1) is 0 Å². The molecule has 1 atom stereocenters. The maximum absolute atomic E-state index is 12.3. The fraction of sp³-hybridized carbons (Fsp3) is 0.350. The zero-order valence-electron chi connectivity index (χ0n) is 14.2. The highest BCUT2D eigenvalue weighted by Crippen LogP contribution is 2.12. The Balaban J connectivity index is 1.49. The highest BCUT2D eigenvalue weighted by Gasteiger charge is 2.16. The van der Waals surface area contributed by atoms with Crippen molar-refractivity contribution in [3.05, 3.63) is 65.2 Å². The predicted molar refractivity (Wildman–Crippen MR) is 96.4 cm³/mol. The van der Waals surface area contributed by atoms with Crippen molar-refractivity contribution in [2.45, 2.75) is 32.0 Å². The van der Waals surface area contributed by atoms with E-state index in [1.807, 2.05) is 36.4 Å². The highest BCUT2D eigenvalue weighted by atomic mass is 16.5. The molecule has 5 heteroatoms. The summed E-state index contributed by atoms with van der Waals surface area (Å²) in [4.78, 5) is 12.3. The lowest BCUT2D eigenvalue weighted by Gasteiger charge is -2.11. The first kappa shape index (κ1) is 17.5. The molecule has 3 N–H and O–H groups in total. The van der Waals surface area contributed by atoms with Gasteiger partial charge in [-0.1, -0.05) is 24.3 Å². The van der Waals surface area contributed by atoms with E-state index in [0.717, 1.165) is 30.6 Å². The summed E-state index contributed by atoms with van der Waals surface area (Å²) in [5.41, 5.74) is 2.73. The van der Waals surface area contributed by atoms with Crippen LogP contribution < -0.4 is 10.6 Å². The van der Waals surface area contributed by atoms with Gasteiger partial charge >= 0.3 is 0 Å². The molecule has 2 aromatic rings. The average Bonchev–Trinajstić information content (AvgIpc) is 3.14. The quantitative estimate of drug-likeness (QED) is 0.724. The van der Waals surface area contributed by atoms with Crippen molar-refractivity contribution in [1.29, 1.82) is 0 Å². The molecule has 1 amide bonds. The minimum absolute atomic E-state index is 0.0645. The Hall–Kier alpha value is -2.37. The zero-order valence-corrected chi connectivity index (χ0v) is 14.2. The van der Waals surface area contributed by atoms with Gasteiger partial charge in [-0.2, -0.15) is 0 Å². The van der Waals surface area contributed by atoms with E-state index in [0.29, 0.717) is 25.2 Å². The van der Waals surface area contributed by atoms with Crippen molar-refractivity contribution in [1.82, 2.24) is 10.6 Å². The summed E-state index contributed by atoms with van der Waals surface area (Å²) < 4.78 is 5.52. The Bertz CT molecular complexity index is 712. The molecule has 1 aliphatic rings. The number of hydrogen-bond donors (Lipinski definition) is 3. The number of benzene rings is 2. The molecule has 132 valence electrons. The maximum atomic E-state index is 12.3. The van der Waals surface area contributed by atoms with Gasteiger partial charge < -0.3 is 20.5 Å². The molecular formula is C20H24N2O3. The molecule has 1 saturated heterocycles. The van der Waals surface area contributed by atoms with E-state index in [1.165, 1.54) is 0 Å². The monoisotopic (exact) mass is 340 g/mol. The van der Waals surface area contributed by atoms with Gasteiger partial charge in [0.1, 0.15) is 5.75 Å². The lowest BCUT2D eigenvalue weighted by Crippen LogP contribution is -2.31. The first-order chi connectivity index (χ1) is 12.2. The molecule has 5 nitrogen and oxygen atoms in total. The third-order valence-corrected chi connectivity index (χ3v) is 4.27. The summed E-state index contributed by atoms with van der Waals surface area (Å²) in [6.45, 7) is 2.67. The molecule has 2 aromatic carbocycles. The van der Waals surface area contributed by atoms with Gasteiger partial charge in [-0.3, -0.25) is 4.79 Å². The maximum Gasteiger partial charge on any atom is 0.251 e. The van der Waals surface area contributed by atoms with Crippen molar-refractivity contribution in [2.75, 3.05) is 13.2 Å². The number of amides is 1. The van der Waals surface area contributed by atoms with Crippen LogP contribution in [0.2, 0.25) is 0 Å². The molecule has 25 heavy (non-hydrogen) atoms. The number of phenols is 1. The van der Waals surface area contributed by atoms with Crippen LogP contribution in [-0.4, -0.2) is 30.3 Å². The molecule has 1 heterocycles. The van der Waals surface area contributed by atoms with E-state index in [9.17, 15) is 9.90 Å². The fourth-order valence-electron chi connectivity index (χ4n) is 2.95. The van der Waals surface area contributed by atoms with Crippen LogP contribution in [0.3, 0.4) is 0 Å². The third-order valence-electron chi connectivity index (χ3n) is 4.27. The van der Waals surface area contributed by atoms with Crippen LogP contribution in [-0.2, 0) is 17.8 Å². The van der Waals surface area contributed by atoms with Gasteiger partial charge in [0.05, 0.1) is 6.10 Å². The molecule has 0 aromatic heterocycles. The lowest BCUT2D eigenvalue weighted by atomic mass is 10.1. The van der Waals surface area contributed by atoms with E-state index in [1.54, 1.807) is 12.1 Å². The van der Waals surface area contributed by atoms with E-state index >= 15 is 0 Å². The van der Waals surface area contributed by atoms with Crippen LogP contribution in [0.25, 0.3) is 0 Å². The standard InChI is InChI=1S/C20H24N2O3/c23-18-7-2-5-16(11-18)13-21-12-15-4-1-6-17(10-15)20(24)22-14-19-8-3-9-25-19/h1-2,4-7,10-11,19,21,23H,3,8-9,12-14H2,(H,22,24). The van der Waals surface area contributed by atoms with Crippen LogP contribution in [0.5, 0.6) is 5.75 Å². The van der Waals surface area contributed by atoms with Crippen LogP contribution in [0.1, 0.15) is 34.3 Å². The lowest BCUT2D eigenvalue weighted by molar-refractivity contribution is 0.0857. The van der Waals surface area contributed by atoms with Crippen LogP contribution in [0, 0.1) is 0 Å². The molecule has 0 bridgehead atoms. The zero-order chi connectivity index (χ0) is 17.5. The molecule has 1 fully saturated rings. The van der Waals surface area contributed by atoms with Crippen molar-refractivity contribution < 1.29 is 14.6 Å². The predicted octanol–water partition coefficient (Wildman–Crippen LogP) is 2.59. The minimum atomic E-state index is -0.0645. The van der Waals surface area contributed by atoms with Gasteiger partial charge in [0.15, 0.2) is 0 Å². The average molecular weight is 340 g/mol. The molecule has 1 unspecified atom stereocenters. The van der Waals surface area contributed by atoms with Gasteiger partial charge in [0, 0.05) is 31.8 Å². The van der Waals surface area contributed by atoms with Crippen LogP contribution in [0.4, 0.5) is 0 Å². The second-order valence-corrected chi connectivity index (χ2v) is 6.32. The largest absolute Gasteiger partial charge is 0.508 e. The minimum Gasteiger partial charge on any atom is -0.508 e. The first-order valence-electron chi connectivity index (χ1n) is 8.68. The van der Waals surface area contributed by atoms with Gasteiger partial charge in [-0.05, 0) is 48.2 Å². The summed E-state index contributed by atoms with van der Waals surface area (Å²) in [7, 11) is 0. The number of aromatic hydroxyl groups is 1. The second kappa shape index (κ2) is 8.65. The smallest absolute Gasteiger partial charge is 0.251 e. The van der Waals surface area contributed by atoms with Gasteiger partial charge in [-0.25, -0.2) is 0 Å². The van der Waals surface area contributed by atoms with Crippen LogP contribution in [0.15, 0.2) is 48.5 Å². The number of rotatable bonds is 7. The normalized spacial score (nSPS) is 16.7. The van der Waals surface area contributed by atoms with E-state index in [4.69, 9.17) is 4.74 Å². The molecule has 0 aliphatic carbocycles.